The molecule has 0 aliphatic carbocycles. The summed E-state index contributed by atoms with van der Waals surface area (Å²) in [5, 5.41) is 6.88. The Morgan fingerprint density at radius 2 is 1.86 bits per heavy atom. The molecule has 5 heteroatoms. The molecular formula is C24H26N4O. The number of benzene rings is 1. The van der Waals surface area contributed by atoms with Gasteiger partial charge in [-0.15, -0.1) is 0 Å². The quantitative estimate of drug-likeness (QED) is 0.535. The summed E-state index contributed by atoms with van der Waals surface area (Å²) >= 11 is 0. The molecule has 1 aliphatic rings. The van der Waals surface area contributed by atoms with Crippen LogP contribution in [0.25, 0.3) is 6.08 Å². The Balaban J connectivity index is 1.61. The molecule has 0 radical (unpaired) electrons. The standard InChI is InChI=1S/C24H26N4O/c1-3-27(4-2)21-13-10-19(11-14-21)23-18-20(12-15-22-8-7-17-29-22)26-28(23)24-9-5-6-16-25-24/h5-17,23H,3-4,18H2,1-2H3. The van der Waals surface area contributed by atoms with Crippen LogP contribution in [0.15, 0.2) is 82.7 Å². The zero-order valence-corrected chi connectivity index (χ0v) is 16.9. The van der Waals surface area contributed by atoms with Gasteiger partial charge in [-0.1, -0.05) is 18.2 Å². The smallest absolute Gasteiger partial charge is 0.149 e. The second-order valence-corrected chi connectivity index (χ2v) is 6.96. The van der Waals surface area contributed by atoms with E-state index in [2.05, 4.69) is 48.0 Å². The van der Waals surface area contributed by atoms with Gasteiger partial charge in [0.05, 0.1) is 18.0 Å². The van der Waals surface area contributed by atoms with E-state index in [4.69, 9.17) is 9.52 Å². The molecule has 148 valence electrons. The van der Waals surface area contributed by atoms with Crippen molar-refractivity contribution in [3.63, 3.8) is 0 Å². The molecular weight excluding hydrogens is 360 g/mol. The first-order valence-electron chi connectivity index (χ1n) is 10.1. The highest BCUT2D eigenvalue weighted by atomic mass is 16.3. The first-order valence-corrected chi connectivity index (χ1v) is 10.1. The number of hydrogen-bond donors (Lipinski definition) is 0. The van der Waals surface area contributed by atoms with E-state index in [-0.39, 0.29) is 6.04 Å². The van der Waals surface area contributed by atoms with Crippen LogP contribution >= 0.6 is 0 Å². The van der Waals surface area contributed by atoms with Crippen molar-refractivity contribution < 1.29 is 4.42 Å². The number of hydrazone groups is 1. The van der Waals surface area contributed by atoms with Crippen molar-refractivity contribution in [3.05, 3.63) is 84.5 Å². The SMILES string of the molecule is CCN(CC)c1ccc(C2CC(C=Cc3ccco3)=NN2c2ccccn2)cc1. The van der Waals surface area contributed by atoms with Gasteiger partial charge in [-0.05, 0) is 68.0 Å². The second kappa shape index (κ2) is 8.78. The molecule has 3 heterocycles. The fourth-order valence-electron chi connectivity index (χ4n) is 3.65. The van der Waals surface area contributed by atoms with Crippen molar-refractivity contribution in [2.24, 2.45) is 5.10 Å². The molecule has 3 aromatic rings. The van der Waals surface area contributed by atoms with E-state index >= 15 is 0 Å². The third-order valence-corrected chi connectivity index (χ3v) is 5.21. The van der Waals surface area contributed by atoms with Crippen molar-refractivity contribution in [2.75, 3.05) is 23.0 Å². The van der Waals surface area contributed by atoms with Crippen LogP contribution in [0.1, 0.15) is 37.6 Å². The molecule has 1 aromatic carbocycles. The Labute approximate surface area is 172 Å². The lowest BCUT2D eigenvalue weighted by atomic mass is 10.0. The first kappa shape index (κ1) is 19.0. The maximum Gasteiger partial charge on any atom is 0.149 e. The molecule has 1 atom stereocenters. The predicted octanol–water partition coefficient (Wildman–Crippen LogP) is 5.54. The predicted molar refractivity (Wildman–Crippen MR) is 119 cm³/mol. The van der Waals surface area contributed by atoms with Gasteiger partial charge in [0, 0.05) is 31.4 Å². The van der Waals surface area contributed by atoms with Gasteiger partial charge < -0.3 is 9.32 Å². The van der Waals surface area contributed by atoms with Gasteiger partial charge in [-0.3, -0.25) is 0 Å². The Morgan fingerprint density at radius 3 is 2.52 bits per heavy atom. The van der Waals surface area contributed by atoms with Crippen LogP contribution in [0.4, 0.5) is 11.5 Å². The lowest BCUT2D eigenvalue weighted by Crippen LogP contribution is -2.22. The number of aromatic nitrogens is 1. The van der Waals surface area contributed by atoms with Gasteiger partial charge in [0.2, 0.25) is 0 Å². The molecule has 1 unspecified atom stereocenters. The summed E-state index contributed by atoms with van der Waals surface area (Å²) in [5.41, 5.74) is 3.49. The van der Waals surface area contributed by atoms with E-state index in [1.165, 1.54) is 11.3 Å². The Hall–Kier alpha value is -3.34. The van der Waals surface area contributed by atoms with Crippen molar-refractivity contribution in [1.82, 2.24) is 4.98 Å². The maximum absolute atomic E-state index is 5.40. The van der Waals surface area contributed by atoms with Gasteiger partial charge >= 0.3 is 0 Å². The van der Waals surface area contributed by atoms with Crippen molar-refractivity contribution in [1.29, 1.82) is 0 Å². The summed E-state index contributed by atoms with van der Waals surface area (Å²) in [7, 11) is 0. The van der Waals surface area contributed by atoms with Crippen LogP contribution in [0.3, 0.4) is 0 Å². The molecule has 29 heavy (non-hydrogen) atoms. The van der Waals surface area contributed by atoms with Gasteiger partial charge in [-0.2, -0.15) is 5.10 Å². The average molecular weight is 386 g/mol. The van der Waals surface area contributed by atoms with Crippen molar-refractivity contribution in [2.45, 2.75) is 26.3 Å². The summed E-state index contributed by atoms with van der Waals surface area (Å²) in [6.45, 7) is 6.37. The minimum absolute atomic E-state index is 0.118. The molecule has 2 aromatic heterocycles. The molecule has 0 saturated heterocycles. The maximum atomic E-state index is 5.40. The Bertz CT molecular complexity index is 958. The molecule has 4 rings (SSSR count). The fraction of sp³-hybridized carbons (Fsp3) is 0.250. The summed E-state index contributed by atoms with van der Waals surface area (Å²) in [6.07, 6.45) is 8.29. The van der Waals surface area contributed by atoms with E-state index in [0.29, 0.717) is 0 Å². The van der Waals surface area contributed by atoms with Crippen LogP contribution < -0.4 is 9.91 Å². The highest BCUT2D eigenvalue weighted by Gasteiger charge is 2.29. The number of pyridine rings is 1. The summed E-state index contributed by atoms with van der Waals surface area (Å²) in [5.74, 6) is 1.68. The molecule has 0 spiro atoms. The highest BCUT2D eigenvalue weighted by molar-refractivity contribution is 6.00. The highest BCUT2D eigenvalue weighted by Crippen LogP contribution is 2.35. The molecule has 0 fully saturated rings. The summed E-state index contributed by atoms with van der Waals surface area (Å²) in [6, 6.07) is 18.7. The summed E-state index contributed by atoms with van der Waals surface area (Å²) in [4.78, 5) is 6.87. The fourth-order valence-corrected chi connectivity index (χ4v) is 3.65. The number of rotatable bonds is 7. The lowest BCUT2D eigenvalue weighted by molar-refractivity contribution is 0.557. The van der Waals surface area contributed by atoms with Crippen LogP contribution in [-0.4, -0.2) is 23.8 Å². The van der Waals surface area contributed by atoms with Gasteiger partial charge in [0.15, 0.2) is 0 Å². The van der Waals surface area contributed by atoms with Crippen LogP contribution in [0.5, 0.6) is 0 Å². The van der Waals surface area contributed by atoms with E-state index < -0.39 is 0 Å². The van der Waals surface area contributed by atoms with Crippen LogP contribution in [0, 0.1) is 0 Å². The second-order valence-electron chi connectivity index (χ2n) is 6.96. The molecule has 0 saturated carbocycles. The molecule has 0 amide bonds. The van der Waals surface area contributed by atoms with Gasteiger partial charge in [0.1, 0.15) is 11.6 Å². The molecule has 0 bridgehead atoms. The molecule has 0 N–H and O–H groups in total. The number of nitrogens with zero attached hydrogens (tertiary/aromatic N) is 4. The van der Waals surface area contributed by atoms with E-state index in [1.54, 1.807) is 6.26 Å². The number of anilines is 2. The summed E-state index contributed by atoms with van der Waals surface area (Å²) < 4.78 is 5.40. The number of allylic oxidation sites excluding steroid dienone is 1. The van der Waals surface area contributed by atoms with Gasteiger partial charge in [-0.25, -0.2) is 9.99 Å². The monoisotopic (exact) mass is 386 g/mol. The average Bonchev–Trinajstić information content (AvgIpc) is 3.44. The first-order chi connectivity index (χ1) is 14.3. The van der Waals surface area contributed by atoms with E-state index in [0.717, 1.165) is 36.8 Å². The Kier molecular flexibility index (Phi) is 5.75. The number of hydrogen-bond acceptors (Lipinski definition) is 5. The van der Waals surface area contributed by atoms with E-state index in [9.17, 15) is 0 Å². The third kappa shape index (κ3) is 4.24. The minimum atomic E-state index is 0.118. The lowest BCUT2D eigenvalue weighted by Gasteiger charge is -2.25. The van der Waals surface area contributed by atoms with Crippen LogP contribution in [-0.2, 0) is 0 Å². The van der Waals surface area contributed by atoms with Gasteiger partial charge in [0.25, 0.3) is 0 Å². The molecule has 5 nitrogen and oxygen atoms in total. The normalized spacial score (nSPS) is 16.4. The third-order valence-electron chi connectivity index (χ3n) is 5.21. The van der Waals surface area contributed by atoms with E-state index in [1.807, 2.05) is 53.7 Å². The molecule has 1 aliphatic heterocycles. The minimum Gasteiger partial charge on any atom is -0.465 e. The van der Waals surface area contributed by atoms with Crippen molar-refractivity contribution >= 4 is 23.3 Å². The largest absolute Gasteiger partial charge is 0.465 e. The Morgan fingerprint density at radius 1 is 1.03 bits per heavy atom. The van der Waals surface area contributed by atoms with Crippen LogP contribution in [0.2, 0.25) is 0 Å². The zero-order valence-electron chi connectivity index (χ0n) is 16.9. The topological polar surface area (TPSA) is 44.9 Å². The zero-order chi connectivity index (χ0) is 20.1. The van der Waals surface area contributed by atoms with Crippen molar-refractivity contribution in [3.8, 4) is 0 Å². The number of furan rings is 1.